The standard InChI is InChI=1S/C10H20O3.C3H4O2.C2H6O2/c1-9(2,3)7-13-8(12)10(4,5)6-11;1-2-3(4)5;3-1-2-4/h11H,6-7H2,1-5H3;2H,1H2,(H,4,5);3-4H,1-2H2. The zero-order chi connectivity index (χ0) is 18.4. The van der Waals surface area contributed by atoms with Crippen LogP contribution < -0.4 is 0 Å². The van der Waals surface area contributed by atoms with Crippen LogP contribution in [0.5, 0.6) is 0 Å². The molecule has 132 valence electrons. The normalized spacial score (nSPS) is 10.4. The number of esters is 1. The number of carbonyl (C=O) groups excluding carboxylic acids is 1. The molecule has 0 saturated carbocycles. The number of carbonyl (C=O) groups is 2. The largest absolute Gasteiger partial charge is 0.478 e. The molecule has 0 aliphatic heterocycles. The van der Waals surface area contributed by atoms with E-state index in [0.717, 1.165) is 6.08 Å². The van der Waals surface area contributed by atoms with Gasteiger partial charge in [-0.2, -0.15) is 0 Å². The van der Waals surface area contributed by atoms with E-state index in [-0.39, 0.29) is 31.2 Å². The minimum Gasteiger partial charge on any atom is -0.478 e. The van der Waals surface area contributed by atoms with Gasteiger partial charge in [-0.3, -0.25) is 4.79 Å². The number of aliphatic carboxylic acids is 1. The van der Waals surface area contributed by atoms with E-state index in [2.05, 4.69) is 6.58 Å². The van der Waals surface area contributed by atoms with Crippen molar-refractivity contribution < 1.29 is 34.8 Å². The molecule has 0 amide bonds. The molecule has 0 aromatic carbocycles. The lowest BCUT2D eigenvalue weighted by Gasteiger charge is -2.23. The Morgan fingerprint density at radius 1 is 1.05 bits per heavy atom. The van der Waals surface area contributed by atoms with Crippen LogP contribution in [0, 0.1) is 10.8 Å². The van der Waals surface area contributed by atoms with Crippen molar-refractivity contribution >= 4 is 11.9 Å². The zero-order valence-electron chi connectivity index (χ0n) is 14.1. The molecule has 0 spiro atoms. The summed E-state index contributed by atoms with van der Waals surface area (Å²) in [6.07, 6.45) is 0.833. The Hall–Kier alpha value is -1.44. The third-order valence-corrected chi connectivity index (χ3v) is 1.86. The van der Waals surface area contributed by atoms with Crippen LogP contribution in [0.2, 0.25) is 0 Å². The molecule has 7 nitrogen and oxygen atoms in total. The maximum Gasteiger partial charge on any atom is 0.327 e. The molecule has 0 unspecified atom stereocenters. The minimum atomic E-state index is -0.981. The van der Waals surface area contributed by atoms with Crippen LogP contribution in [0.3, 0.4) is 0 Å². The molecule has 7 heteroatoms. The molecular weight excluding hydrogens is 292 g/mol. The lowest BCUT2D eigenvalue weighted by molar-refractivity contribution is -0.158. The van der Waals surface area contributed by atoms with Crippen LogP contribution >= 0.6 is 0 Å². The first-order valence-electron chi connectivity index (χ1n) is 6.73. The molecule has 0 aliphatic rings. The average Bonchev–Trinajstić information content (AvgIpc) is 2.44. The summed E-state index contributed by atoms with van der Waals surface area (Å²) < 4.78 is 5.06. The fraction of sp³-hybridized carbons (Fsp3) is 0.733. The summed E-state index contributed by atoms with van der Waals surface area (Å²) in [7, 11) is 0. The molecule has 0 aromatic heterocycles. The van der Waals surface area contributed by atoms with Crippen LogP contribution in [-0.4, -0.2) is 58.8 Å². The Kier molecular flexibility index (Phi) is 15.4. The van der Waals surface area contributed by atoms with Gasteiger partial charge in [0.1, 0.15) is 0 Å². The van der Waals surface area contributed by atoms with Crippen LogP contribution in [0.15, 0.2) is 12.7 Å². The lowest BCUT2D eigenvalue weighted by atomic mass is 9.94. The lowest BCUT2D eigenvalue weighted by Crippen LogP contribution is -2.32. The highest BCUT2D eigenvalue weighted by atomic mass is 16.5. The predicted octanol–water partition coefficient (Wildman–Crippen LogP) is 0.822. The van der Waals surface area contributed by atoms with Crippen molar-refractivity contribution in [3.63, 3.8) is 0 Å². The molecule has 0 rings (SSSR count). The number of rotatable bonds is 5. The Labute approximate surface area is 132 Å². The highest BCUT2D eigenvalue weighted by molar-refractivity contribution is 5.78. The van der Waals surface area contributed by atoms with E-state index in [0.29, 0.717) is 6.61 Å². The molecule has 0 radical (unpaired) electrons. The van der Waals surface area contributed by atoms with Crippen LogP contribution in [0.4, 0.5) is 0 Å². The third-order valence-electron chi connectivity index (χ3n) is 1.86. The molecular formula is C15H30O7. The zero-order valence-corrected chi connectivity index (χ0v) is 14.1. The van der Waals surface area contributed by atoms with Gasteiger partial charge in [0, 0.05) is 6.08 Å². The average molecular weight is 322 g/mol. The second-order valence-electron chi connectivity index (χ2n) is 6.17. The Bertz CT molecular complexity index is 314. The molecule has 0 fully saturated rings. The number of aliphatic hydroxyl groups excluding tert-OH is 3. The van der Waals surface area contributed by atoms with Gasteiger partial charge < -0.3 is 25.2 Å². The van der Waals surface area contributed by atoms with E-state index in [1.807, 2.05) is 20.8 Å². The number of aliphatic hydroxyl groups is 3. The molecule has 0 aromatic rings. The second kappa shape index (κ2) is 13.2. The topological polar surface area (TPSA) is 124 Å². The van der Waals surface area contributed by atoms with Gasteiger partial charge in [-0.25, -0.2) is 4.79 Å². The molecule has 0 bridgehead atoms. The molecule has 22 heavy (non-hydrogen) atoms. The van der Waals surface area contributed by atoms with Gasteiger partial charge in [-0.15, -0.1) is 0 Å². The number of carboxylic acid groups (broad SMARTS) is 1. The molecule has 0 saturated heterocycles. The van der Waals surface area contributed by atoms with Gasteiger partial charge in [0.25, 0.3) is 0 Å². The van der Waals surface area contributed by atoms with Gasteiger partial charge in [0.2, 0.25) is 0 Å². The summed E-state index contributed by atoms with van der Waals surface area (Å²) in [5.41, 5.74) is -0.813. The molecule has 4 N–H and O–H groups in total. The monoisotopic (exact) mass is 322 g/mol. The Balaban J connectivity index is -0.000000330. The number of hydrogen-bond donors (Lipinski definition) is 4. The first-order chi connectivity index (χ1) is 9.87. The van der Waals surface area contributed by atoms with Gasteiger partial charge in [0.15, 0.2) is 0 Å². The Morgan fingerprint density at radius 2 is 1.41 bits per heavy atom. The van der Waals surface area contributed by atoms with E-state index in [1.165, 1.54) is 0 Å². The molecule has 0 atom stereocenters. The summed E-state index contributed by atoms with van der Waals surface area (Å²) >= 11 is 0. The SMILES string of the molecule is C=CC(=O)O.CC(C)(C)COC(=O)C(C)(C)CO.OCCO. The number of ether oxygens (including phenoxy) is 1. The summed E-state index contributed by atoms with van der Waals surface area (Å²) in [6, 6.07) is 0. The van der Waals surface area contributed by atoms with Gasteiger partial charge >= 0.3 is 11.9 Å². The van der Waals surface area contributed by atoms with Crippen molar-refractivity contribution in [3.8, 4) is 0 Å². The van der Waals surface area contributed by atoms with Crippen LogP contribution in [0.1, 0.15) is 34.6 Å². The molecule has 0 heterocycles. The van der Waals surface area contributed by atoms with Crippen molar-refractivity contribution in [3.05, 3.63) is 12.7 Å². The van der Waals surface area contributed by atoms with Gasteiger partial charge in [-0.1, -0.05) is 27.4 Å². The van der Waals surface area contributed by atoms with Gasteiger partial charge in [-0.05, 0) is 19.3 Å². The maximum atomic E-state index is 11.4. The van der Waals surface area contributed by atoms with E-state index in [1.54, 1.807) is 13.8 Å². The summed E-state index contributed by atoms with van der Waals surface area (Å²) in [5.74, 6) is -1.32. The van der Waals surface area contributed by atoms with Crippen LogP contribution in [0.25, 0.3) is 0 Å². The van der Waals surface area contributed by atoms with E-state index in [9.17, 15) is 9.59 Å². The number of carboxylic acids is 1. The minimum absolute atomic E-state index is 0.0266. The summed E-state index contributed by atoms with van der Waals surface area (Å²) in [6.45, 7) is 12.2. The highest BCUT2D eigenvalue weighted by Crippen LogP contribution is 2.19. The summed E-state index contributed by atoms with van der Waals surface area (Å²) in [4.78, 5) is 20.6. The predicted molar refractivity (Wildman–Crippen MR) is 83.3 cm³/mol. The Morgan fingerprint density at radius 3 is 1.59 bits per heavy atom. The van der Waals surface area contributed by atoms with Crippen molar-refractivity contribution in [1.82, 2.24) is 0 Å². The van der Waals surface area contributed by atoms with E-state index < -0.39 is 11.4 Å². The van der Waals surface area contributed by atoms with Crippen LogP contribution in [-0.2, 0) is 14.3 Å². The third kappa shape index (κ3) is 20.9. The smallest absolute Gasteiger partial charge is 0.327 e. The fourth-order valence-corrected chi connectivity index (χ4v) is 0.542. The van der Waals surface area contributed by atoms with Gasteiger partial charge in [0.05, 0.1) is 31.8 Å². The fourth-order valence-electron chi connectivity index (χ4n) is 0.542. The maximum absolute atomic E-state index is 11.4. The number of hydrogen-bond acceptors (Lipinski definition) is 6. The second-order valence-corrected chi connectivity index (χ2v) is 6.17. The van der Waals surface area contributed by atoms with E-state index in [4.69, 9.17) is 25.2 Å². The van der Waals surface area contributed by atoms with Crippen molar-refractivity contribution in [2.24, 2.45) is 10.8 Å². The quantitative estimate of drug-likeness (QED) is 0.436. The van der Waals surface area contributed by atoms with E-state index >= 15 is 0 Å². The highest BCUT2D eigenvalue weighted by Gasteiger charge is 2.29. The molecule has 0 aliphatic carbocycles. The first-order valence-corrected chi connectivity index (χ1v) is 6.73. The first kappa shape index (κ1) is 25.5. The summed E-state index contributed by atoms with van der Waals surface area (Å²) in [5, 5.41) is 31.7. The van der Waals surface area contributed by atoms with Crippen molar-refractivity contribution in [1.29, 1.82) is 0 Å². The van der Waals surface area contributed by atoms with Crippen molar-refractivity contribution in [2.45, 2.75) is 34.6 Å². The van der Waals surface area contributed by atoms with Crippen molar-refractivity contribution in [2.75, 3.05) is 26.4 Å².